The van der Waals surface area contributed by atoms with Crippen LogP contribution >= 0.6 is 0 Å². The summed E-state index contributed by atoms with van der Waals surface area (Å²) in [4.78, 5) is 18.3. The maximum absolute atomic E-state index is 10.7. The first-order valence-electron chi connectivity index (χ1n) is 6.08. The molecule has 1 aromatic carbocycles. The van der Waals surface area contributed by atoms with Gasteiger partial charge in [0.1, 0.15) is 11.9 Å². The quantitative estimate of drug-likeness (QED) is 0.778. The summed E-state index contributed by atoms with van der Waals surface area (Å²) in [5.74, 6) is -0.421. The third-order valence-electron chi connectivity index (χ3n) is 2.96. The minimum Gasteiger partial charge on any atom is -0.480 e. The number of carboxylic acids is 1. The molecule has 0 aliphatic heterocycles. The lowest BCUT2D eigenvalue weighted by Crippen LogP contribution is -2.32. The van der Waals surface area contributed by atoms with Gasteiger partial charge in [0, 0.05) is 17.7 Å². The fourth-order valence-corrected chi connectivity index (χ4v) is 1.99. The molecule has 0 amide bonds. The molecule has 4 N–H and O–H groups in total. The summed E-state index contributed by atoms with van der Waals surface area (Å²) < 4.78 is 0. The van der Waals surface area contributed by atoms with E-state index in [1.807, 2.05) is 38.1 Å². The van der Waals surface area contributed by atoms with Gasteiger partial charge in [0.15, 0.2) is 0 Å². The van der Waals surface area contributed by atoms with Gasteiger partial charge < -0.3 is 15.8 Å². The second-order valence-corrected chi connectivity index (χ2v) is 4.68. The molecule has 0 aliphatic rings. The van der Waals surface area contributed by atoms with Gasteiger partial charge in [0.2, 0.25) is 0 Å². The number of hydrogen-bond acceptors (Lipinski definition) is 3. The van der Waals surface area contributed by atoms with Crippen molar-refractivity contribution in [2.24, 2.45) is 5.73 Å². The lowest BCUT2D eigenvalue weighted by Gasteiger charge is -2.02. The van der Waals surface area contributed by atoms with Crippen LogP contribution in [0, 0.1) is 13.8 Å². The smallest absolute Gasteiger partial charge is 0.320 e. The first kappa shape index (κ1) is 13.3. The van der Waals surface area contributed by atoms with Gasteiger partial charge in [-0.15, -0.1) is 0 Å². The van der Waals surface area contributed by atoms with Gasteiger partial charge in [-0.2, -0.15) is 0 Å². The minimum atomic E-state index is -1.02. The maximum atomic E-state index is 10.7. The predicted octanol–water partition coefficient (Wildman–Crippen LogP) is 1.65. The summed E-state index contributed by atoms with van der Waals surface area (Å²) in [6.07, 6.45) is 0.196. The number of nitrogens with two attached hydrogens (primary N) is 1. The van der Waals surface area contributed by atoms with Crippen molar-refractivity contribution in [3.05, 3.63) is 41.3 Å². The summed E-state index contributed by atoms with van der Waals surface area (Å²) in [6, 6.07) is 7.09. The van der Waals surface area contributed by atoms with E-state index in [1.54, 1.807) is 0 Å². The monoisotopic (exact) mass is 259 g/mol. The van der Waals surface area contributed by atoms with E-state index in [4.69, 9.17) is 10.8 Å². The van der Waals surface area contributed by atoms with Crippen molar-refractivity contribution in [2.75, 3.05) is 0 Å². The molecule has 5 heteroatoms. The Kier molecular flexibility index (Phi) is 3.66. The molecule has 5 nitrogen and oxygen atoms in total. The summed E-state index contributed by atoms with van der Waals surface area (Å²) >= 11 is 0. The van der Waals surface area contributed by atoms with Crippen molar-refractivity contribution in [3.63, 3.8) is 0 Å². The van der Waals surface area contributed by atoms with E-state index in [0.29, 0.717) is 5.82 Å². The molecule has 1 unspecified atom stereocenters. The van der Waals surface area contributed by atoms with Crippen LogP contribution in [0.1, 0.15) is 17.1 Å². The molecule has 0 saturated carbocycles. The van der Waals surface area contributed by atoms with Gasteiger partial charge in [0.05, 0.1) is 5.69 Å². The van der Waals surface area contributed by atoms with E-state index in [2.05, 4.69) is 9.97 Å². The maximum Gasteiger partial charge on any atom is 0.320 e. The molecule has 2 rings (SSSR count). The second kappa shape index (κ2) is 5.24. The molecule has 0 aliphatic carbocycles. The third kappa shape index (κ3) is 3.00. The summed E-state index contributed by atoms with van der Waals surface area (Å²) in [5.41, 5.74) is 9.44. The molecule has 1 aromatic heterocycles. The van der Waals surface area contributed by atoms with Crippen LogP contribution in [0.3, 0.4) is 0 Å². The topological polar surface area (TPSA) is 92.0 Å². The van der Waals surface area contributed by atoms with Crippen LogP contribution in [-0.2, 0) is 11.2 Å². The Morgan fingerprint density at radius 2 is 2.21 bits per heavy atom. The van der Waals surface area contributed by atoms with Gasteiger partial charge in [-0.25, -0.2) is 4.98 Å². The number of nitrogens with zero attached hydrogens (tertiary/aromatic N) is 1. The molecule has 1 heterocycles. The fraction of sp³-hybridized carbons (Fsp3) is 0.286. The zero-order valence-corrected chi connectivity index (χ0v) is 11.0. The zero-order valence-electron chi connectivity index (χ0n) is 11.0. The number of aliphatic carboxylic acids is 1. The van der Waals surface area contributed by atoms with Crippen LogP contribution in [0.15, 0.2) is 24.3 Å². The number of aryl methyl sites for hydroxylation is 2. The zero-order chi connectivity index (χ0) is 14.0. The van der Waals surface area contributed by atoms with Crippen molar-refractivity contribution in [2.45, 2.75) is 26.3 Å². The average Bonchev–Trinajstić information content (AvgIpc) is 2.70. The number of rotatable bonds is 4. The Morgan fingerprint density at radius 3 is 2.84 bits per heavy atom. The highest BCUT2D eigenvalue weighted by atomic mass is 16.4. The summed E-state index contributed by atoms with van der Waals surface area (Å²) in [7, 11) is 0. The molecular formula is C14H17N3O2. The van der Waals surface area contributed by atoms with Crippen LogP contribution < -0.4 is 5.73 Å². The van der Waals surface area contributed by atoms with E-state index >= 15 is 0 Å². The highest BCUT2D eigenvalue weighted by Gasteiger charge is 2.16. The molecular weight excluding hydrogens is 242 g/mol. The molecule has 1 atom stereocenters. The van der Waals surface area contributed by atoms with E-state index in [-0.39, 0.29) is 6.42 Å². The third-order valence-corrected chi connectivity index (χ3v) is 2.96. The van der Waals surface area contributed by atoms with Crippen molar-refractivity contribution in [3.8, 4) is 11.3 Å². The molecule has 0 saturated heterocycles. The molecule has 0 fully saturated rings. The predicted molar refractivity (Wildman–Crippen MR) is 72.8 cm³/mol. The number of H-pyrrole nitrogens is 1. The van der Waals surface area contributed by atoms with Crippen molar-refractivity contribution >= 4 is 5.97 Å². The van der Waals surface area contributed by atoms with Crippen molar-refractivity contribution in [1.29, 1.82) is 0 Å². The first-order valence-corrected chi connectivity index (χ1v) is 6.08. The van der Waals surface area contributed by atoms with E-state index in [0.717, 1.165) is 22.5 Å². The molecule has 0 bridgehead atoms. The number of aromatic nitrogens is 2. The largest absolute Gasteiger partial charge is 0.480 e. The summed E-state index contributed by atoms with van der Waals surface area (Å²) in [5, 5.41) is 8.81. The highest BCUT2D eigenvalue weighted by Crippen LogP contribution is 2.22. The Bertz CT molecular complexity index is 604. The second-order valence-electron chi connectivity index (χ2n) is 4.68. The number of carboxylic acid groups (broad SMARTS) is 1. The molecule has 2 aromatic rings. The average molecular weight is 259 g/mol. The van der Waals surface area contributed by atoms with E-state index < -0.39 is 12.0 Å². The number of benzene rings is 1. The number of imidazole rings is 1. The Balaban J connectivity index is 2.29. The van der Waals surface area contributed by atoms with Crippen LogP contribution in [-0.4, -0.2) is 27.1 Å². The fourth-order valence-electron chi connectivity index (χ4n) is 1.99. The Labute approximate surface area is 111 Å². The van der Waals surface area contributed by atoms with Gasteiger partial charge >= 0.3 is 5.97 Å². The number of aromatic amines is 1. The van der Waals surface area contributed by atoms with Crippen LogP contribution in [0.5, 0.6) is 0 Å². The molecule has 0 spiro atoms. The Morgan fingerprint density at radius 1 is 1.47 bits per heavy atom. The molecule has 0 radical (unpaired) electrons. The van der Waals surface area contributed by atoms with Crippen LogP contribution in [0.2, 0.25) is 0 Å². The number of hydrogen-bond donors (Lipinski definition) is 3. The standard InChI is InChI=1S/C14H17N3O2/c1-8-4-3-5-10(6-8)13-9(2)16-12(17-13)7-11(15)14(18)19/h3-6,11H,7,15H2,1-2H3,(H,16,17)(H,18,19). The van der Waals surface area contributed by atoms with Gasteiger partial charge in [-0.3, -0.25) is 4.79 Å². The summed E-state index contributed by atoms with van der Waals surface area (Å²) in [6.45, 7) is 3.94. The van der Waals surface area contributed by atoms with Crippen LogP contribution in [0.4, 0.5) is 0 Å². The normalized spacial score (nSPS) is 12.4. The molecule has 100 valence electrons. The van der Waals surface area contributed by atoms with Gasteiger partial charge in [-0.1, -0.05) is 23.8 Å². The highest BCUT2D eigenvalue weighted by molar-refractivity contribution is 5.73. The van der Waals surface area contributed by atoms with E-state index in [1.165, 1.54) is 0 Å². The first-order chi connectivity index (χ1) is 8.97. The molecule has 19 heavy (non-hydrogen) atoms. The minimum absolute atomic E-state index is 0.196. The van der Waals surface area contributed by atoms with E-state index in [9.17, 15) is 4.79 Å². The number of carbonyl (C=O) groups is 1. The lowest BCUT2D eigenvalue weighted by atomic mass is 10.1. The number of nitrogens with one attached hydrogen (secondary N) is 1. The van der Waals surface area contributed by atoms with Gasteiger partial charge in [0.25, 0.3) is 0 Å². The van der Waals surface area contributed by atoms with Crippen molar-refractivity contribution < 1.29 is 9.90 Å². The lowest BCUT2D eigenvalue weighted by molar-refractivity contribution is -0.138. The SMILES string of the molecule is Cc1cccc(-c2nc(CC(N)C(=O)O)[nH]c2C)c1. The Hall–Kier alpha value is -2.14. The van der Waals surface area contributed by atoms with Gasteiger partial charge in [-0.05, 0) is 19.9 Å². The van der Waals surface area contributed by atoms with Crippen LogP contribution in [0.25, 0.3) is 11.3 Å². The van der Waals surface area contributed by atoms with Crippen molar-refractivity contribution in [1.82, 2.24) is 9.97 Å².